The van der Waals surface area contributed by atoms with Gasteiger partial charge in [0.2, 0.25) is 5.88 Å². The van der Waals surface area contributed by atoms with E-state index in [0.29, 0.717) is 76.0 Å². The number of hydrogen-bond acceptors (Lipinski definition) is 8. The van der Waals surface area contributed by atoms with Crippen molar-refractivity contribution in [3.05, 3.63) is 87.0 Å². The molecular weight excluding hydrogens is 625 g/mol. The van der Waals surface area contributed by atoms with Crippen LogP contribution in [0.2, 0.25) is 10.0 Å². The molecule has 3 N–H and O–H groups in total. The highest BCUT2D eigenvalue weighted by Crippen LogP contribution is 2.41. The minimum atomic E-state index is -0.327. The molecule has 238 valence electrons. The molecule has 0 saturated carbocycles. The standard InChI is InChI=1S/C34H35Cl2N7O3/c1-42-15-14-29-28(18-42)39-32(43(29)2)33(45)40-27-9-5-7-24(31(27)36)23-6-4-8-25(30(23)35)26-13-10-20(34(41-26)46-3)16-37-21-11-12-22(19-44)38-17-21/h4-10,13,21,37-38H,11-12,14-18H2,1-3H3,(H,40,45)/t21-/m0/s1. The Kier molecular flexibility index (Phi) is 9.44. The summed E-state index contributed by atoms with van der Waals surface area (Å²) >= 11 is 13.9. The van der Waals surface area contributed by atoms with Gasteiger partial charge in [-0.2, -0.15) is 0 Å². The van der Waals surface area contributed by atoms with E-state index in [4.69, 9.17) is 32.9 Å². The Hall–Kier alpha value is -4.18. The number of aromatic nitrogens is 3. The summed E-state index contributed by atoms with van der Waals surface area (Å²) in [6, 6.07) is 15.3. The summed E-state index contributed by atoms with van der Waals surface area (Å²) in [5.74, 6) is 2.46. The van der Waals surface area contributed by atoms with Gasteiger partial charge in [-0.25, -0.2) is 14.8 Å². The minimum absolute atomic E-state index is 0.217. The third-order valence-corrected chi connectivity index (χ3v) is 9.42. The van der Waals surface area contributed by atoms with Crippen molar-refractivity contribution in [1.29, 1.82) is 0 Å². The average Bonchev–Trinajstić information content (AvgIpc) is 3.40. The van der Waals surface area contributed by atoms with Crippen molar-refractivity contribution >= 4 is 40.7 Å². The Morgan fingerprint density at radius 2 is 1.80 bits per heavy atom. The monoisotopic (exact) mass is 659 g/mol. The highest BCUT2D eigenvalue weighted by molar-refractivity contribution is 6.39. The van der Waals surface area contributed by atoms with Crippen molar-refractivity contribution in [2.75, 3.05) is 32.6 Å². The maximum absolute atomic E-state index is 13.4. The van der Waals surface area contributed by atoms with Crippen LogP contribution in [0.3, 0.4) is 0 Å². The second-order valence-electron chi connectivity index (χ2n) is 11.6. The molecule has 10 nitrogen and oxygen atoms in total. The number of likely N-dealkylation sites (N-methyl/N-ethyl adjacent to an activating group) is 1. The Labute approximate surface area is 277 Å². The van der Waals surface area contributed by atoms with Crippen LogP contribution in [0, 0.1) is 0 Å². The van der Waals surface area contributed by atoms with Gasteiger partial charge in [0.1, 0.15) is 5.94 Å². The number of benzene rings is 2. The topological polar surface area (TPSA) is 113 Å². The van der Waals surface area contributed by atoms with E-state index in [1.807, 2.05) is 67.1 Å². The number of anilines is 1. The summed E-state index contributed by atoms with van der Waals surface area (Å²) in [4.78, 5) is 35.8. The number of fused-ring (bicyclic) bond motifs is 1. The predicted octanol–water partition coefficient (Wildman–Crippen LogP) is 5.26. The summed E-state index contributed by atoms with van der Waals surface area (Å²) in [7, 11) is 5.51. The molecule has 1 fully saturated rings. The van der Waals surface area contributed by atoms with E-state index in [1.54, 1.807) is 13.2 Å². The molecule has 1 atom stereocenters. The van der Waals surface area contributed by atoms with Crippen LogP contribution < -0.4 is 20.7 Å². The molecule has 2 aliphatic heterocycles. The van der Waals surface area contributed by atoms with E-state index in [2.05, 4.69) is 25.8 Å². The number of methoxy groups -OCH3 is 1. The first-order valence-electron chi connectivity index (χ1n) is 15.1. The van der Waals surface area contributed by atoms with Crippen LogP contribution in [-0.2, 0) is 31.4 Å². The Balaban J connectivity index is 1.22. The van der Waals surface area contributed by atoms with Gasteiger partial charge in [0, 0.05) is 73.6 Å². The van der Waals surface area contributed by atoms with Gasteiger partial charge in [-0.3, -0.25) is 4.79 Å². The number of nitrogens with one attached hydrogen (secondary N) is 3. The van der Waals surface area contributed by atoms with E-state index < -0.39 is 0 Å². The molecule has 1 saturated heterocycles. The molecule has 0 unspecified atom stereocenters. The number of allylic oxidation sites excluding steroid dienone is 1. The van der Waals surface area contributed by atoms with Crippen LogP contribution in [0.4, 0.5) is 5.69 Å². The molecule has 0 radical (unpaired) electrons. The summed E-state index contributed by atoms with van der Waals surface area (Å²) in [5.41, 5.74) is 6.74. The van der Waals surface area contributed by atoms with Gasteiger partial charge in [-0.15, -0.1) is 0 Å². The molecular formula is C34H35Cl2N7O3. The van der Waals surface area contributed by atoms with Crippen molar-refractivity contribution in [2.24, 2.45) is 7.05 Å². The smallest absolute Gasteiger partial charge is 0.291 e. The van der Waals surface area contributed by atoms with Gasteiger partial charge in [0.05, 0.1) is 39.9 Å². The first kappa shape index (κ1) is 31.8. The van der Waals surface area contributed by atoms with Gasteiger partial charge in [0.15, 0.2) is 5.82 Å². The Morgan fingerprint density at radius 1 is 1.04 bits per heavy atom. The summed E-state index contributed by atoms with van der Waals surface area (Å²) in [6.45, 7) is 2.86. The first-order chi connectivity index (χ1) is 22.3. The van der Waals surface area contributed by atoms with E-state index in [9.17, 15) is 9.59 Å². The lowest BCUT2D eigenvalue weighted by atomic mass is 10.00. The normalized spacial score (nSPS) is 16.4. The molecule has 2 aromatic carbocycles. The number of rotatable bonds is 8. The fraction of sp³-hybridized carbons (Fsp3) is 0.324. The summed E-state index contributed by atoms with van der Waals surface area (Å²) in [5, 5.41) is 10.4. The quantitative estimate of drug-likeness (QED) is 0.220. The lowest BCUT2D eigenvalue weighted by Crippen LogP contribution is -2.42. The molecule has 0 aliphatic carbocycles. The van der Waals surface area contributed by atoms with Crippen molar-refractivity contribution in [3.63, 3.8) is 0 Å². The number of halogens is 2. The first-order valence-corrected chi connectivity index (χ1v) is 15.9. The summed E-state index contributed by atoms with van der Waals surface area (Å²) < 4.78 is 7.52. The average molecular weight is 661 g/mol. The molecule has 1 amide bonds. The third kappa shape index (κ3) is 6.40. The summed E-state index contributed by atoms with van der Waals surface area (Å²) in [6.07, 6.45) is 2.37. The van der Waals surface area contributed by atoms with Crippen LogP contribution in [0.5, 0.6) is 5.88 Å². The number of amides is 1. The lowest BCUT2D eigenvalue weighted by molar-refractivity contribution is 0.101. The highest BCUT2D eigenvalue weighted by Gasteiger charge is 2.25. The molecule has 4 aromatic rings. The Morgan fingerprint density at radius 3 is 2.54 bits per heavy atom. The Bertz CT molecular complexity index is 1840. The van der Waals surface area contributed by atoms with Gasteiger partial charge in [0.25, 0.3) is 5.91 Å². The van der Waals surface area contributed by atoms with Gasteiger partial charge in [-0.1, -0.05) is 59.6 Å². The fourth-order valence-corrected chi connectivity index (χ4v) is 6.62. The molecule has 2 aromatic heterocycles. The number of hydrogen-bond donors (Lipinski definition) is 3. The van der Waals surface area contributed by atoms with Crippen molar-refractivity contribution in [1.82, 2.24) is 30.1 Å². The van der Waals surface area contributed by atoms with Gasteiger partial charge in [-0.05, 0) is 32.0 Å². The van der Waals surface area contributed by atoms with Crippen LogP contribution in [0.15, 0.2) is 54.2 Å². The zero-order valence-corrected chi connectivity index (χ0v) is 27.4. The number of carbonyl (C=O) groups is 1. The molecule has 6 rings (SSSR count). The third-order valence-electron chi connectivity index (χ3n) is 8.60. The zero-order chi connectivity index (χ0) is 32.4. The molecule has 46 heavy (non-hydrogen) atoms. The largest absolute Gasteiger partial charge is 0.481 e. The number of carbonyl (C=O) groups excluding carboxylic acids is 2. The maximum Gasteiger partial charge on any atom is 0.291 e. The van der Waals surface area contributed by atoms with Crippen LogP contribution in [0.25, 0.3) is 22.4 Å². The van der Waals surface area contributed by atoms with Crippen LogP contribution in [0.1, 0.15) is 40.4 Å². The van der Waals surface area contributed by atoms with E-state index in [-0.39, 0.29) is 11.9 Å². The number of ether oxygens (including phenoxy) is 1. The van der Waals surface area contributed by atoms with E-state index >= 15 is 0 Å². The van der Waals surface area contributed by atoms with Gasteiger partial charge < -0.3 is 30.2 Å². The lowest BCUT2D eigenvalue weighted by Gasteiger charge is -2.25. The van der Waals surface area contributed by atoms with Crippen LogP contribution in [-0.4, -0.2) is 64.6 Å². The number of imidazole rings is 1. The van der Waals surface area contributed by atoms with Crippen molar-refractivity contribution in [3.8, 4) is 28.3 Å². The van der Waals surface area contributed by atoms with Crippen molar-refractivity contribution < 1.29 is 14.3 Å². The number of pyridine rings is 1. The van der Waals surface area contributed by atoms with E-state index in [1.165, 1.54) is 0 Å². The number of piperidine rings is 1. The molecule has 2 aliphatic rings. The van der Waals surface area contributed by atoms with E-state index in [0.717, 1.165) is 41.9 Å². The molecule has 12 heteroatoms. The second-order valence-corrected chi connectivity index (χ2v) is 12.4. The SMILES string of the molecule is COc1nc(-c2cccc(-c3cccc(NC(=O)c4nc5c(n4C)CCN(C)C5)c3Cl)c2Cl)ccc1CN[C@H]1CCC(=C=O)NC1. The number of nitrogens with zero attached hydrogens (tertiary/aromatic N) is 4. The molecule has 0 bridgehead atoms. The van der Waals surface area contributed by atoms with Crippen molar-refractivity contribution in [2.45, 2.75) is 38.4 Å². The van der Waals surface area contributed by atoms with Gasteiger partial charge >= 0.3 is 0 Å². The highest BCUT2D eigenvalue weighted by atomic mass is 35.5. The second kappa shape index (κ2) is 13.7. The fourth-order valence-electron chi connectivity index (χ4n) is 6.02. The predicted molar refractivity (Wildman–Crippen MR) is 180 cm³/mol. The molecule has 0 spiro atoms. The molecule has 4 heterocycles. The maximum atomic E-state index is 13.4. The zero-order valence-electron chi connectivity index (χ0n) is 25.9. The minimum Gasteiger partial charge on any atom is -0.481 e. The van der Waals surface area contributed by atoms with Crippen LogP contribution >= 0.6 is 23.2 Å².